The molecule has 1 aromatic carbocycles. The van der Waals surface area contributed by atoms with Crippen LogP contribution in [0.25, 0.3) is 0 Å². The Bertz CT molecular complexity index is 815. The van der Waals surface area contributed by atoms with Gasteiger partial charge in [0.25, 0.3) is 0 Å². The fraction of sp³-hybridized carbons (Fsp3) is 0.571. The number of amides is 1. The van der Waals surface area contributed by atoms with Gasteiger partial charge in [-0.3, -0.25) is 9.36 Å². The molecule has 3 rings (SSSR count). The van der Waals surface area contributed by atoms with Crippen molar-refractivity contribution in [2.45, 2.75) is 45.3 Å². The second-order valence-corrected chi connectivity index (χ2v) is 8.95. The maximum atomic E-state index is 12.5. The van der Waals surface area contributed by atoms with Crippen LogP contribution in [-0.4, -0.2) is 52.7 Å². The van der Waals surface area contributed by atoms with E-state index >= 15 is 0 Å². The summed E-state index contributed by atoms with van der Waals surface area (Å²) in [4.78, 5) is 14.7. The van der Waals surface area contributed by atoms with Gasteiger partial charge in [-0.1, -0.05) is 51.6 Å². The Morgan fingerprint density at radius 2 is 1.97 bits per heavy atom. The first-order chi connectivity index (χ1) is 13.9. The molecule has 2 aromatic rings. The average Bonchev–Trinajstić information content (AvgIpc) is 3.09. The number of anilines is 2. The minimum absolute atomic E-state index is 0.0390. The first kappa shape index (κ1) is 21.6. The van der Waals surface area contributed by atoms with Crippen LogP contribution in [0.5, 0.6) is 0 Å². The normalized spacial score (nSPS) is 14.6. The Hall–Kier alpha value is -2.06. The zero-order valence-electron chi connectivity index (χ0n) is 17.7. The number of ether oxygens (including phenoxy) is 1. The van der Waals surface area contributed by atoms with E-state index in [1.807, 2.05) is 18.2 Å². The summed E-state index contributed by atoms with van der Waals surface area (Å²) in [5.41, 5.74) is 2.04. The minimum Gasteiger partial charge on any atom is -0.378 e. The fourth-order valence-electron chi connectivity index (χ4n) is 3.21. The van der Waals surface area contributed by atoms with Crippen LogP contribution >= 0.6 is 11.8 Å². The van der Waals surface area contributed by atoms with Crippen LogP contribution in [0.3, 0.4) is 0 Å². The molecule has 1 fully saturated rings. The SMILES string of the molecule is CC(C)Cn1c(SCC(=O)Nc2cccc(C(C)C)c2)nnc1N1CCOCC1. The van der Waals surface area contributed by atoms with Gasteiger partial charge in [-0.2, -0.15) is 0 Å². The molecule has 1 N–H and O–H groups in total. The van der Waals surface area contributed by atoms with E-state index in [9.17, 15) is 4.79 Å². The Morgan fingerprint density at radius 3 is 2.66 bits per heavy atom. The maximum absolute atomic E-state index is 12.5. The van der Waals surface area contributed by atoms with Crippen molar-refractivity contribution in [3.63, 3.8) is 0 Å². The number of aromatic nitrogens is 3. The van der Waals surface area contributed by atoms with Gasteiger partial charge in [-0.25, -0.2) is 0 Å². The van der Waals surface area contributed by atoms with Crippen molar-refractivity contribution in [3.8, 4) is 0 Å². The molecule has 8 heteroatoms. The molecule has 0 bridgehead atoms. The number of morpholine rings is 1. The molecular weight excluding hydrogens is 386 g/mol. The molecule has 1 aliphatic heterocycles. The Labute approximate surface area is 177 Å². The standard InChI is InChI=1S/C21H31N5O2S/c1-15(2)13-26-20(25-8-10-28-11-9-25)23-24-21(26)29-14-19(27)22-18-7-5-6-17(12-18)16(3)4/h5-7,12,15-16H,8-11,13-14H2,1-4H3,(H,22,27). The number of benzene rings is 1. The molecular formula is C21H31N5O2S. The van der Waals surface area contributed by atoms with Crippen LogP contribution in [0.1, 0.15) is 39.2 Å². The van der Waals surface area contributed by atoms with E-state index in [0.29, 0.717) is 30.8 Å². The largest absolute Gasteiger partial charge is 0.378 e. The van der Waals surface area contributed by atoms with Crippen LogP contribution in [0, 0.1) is 5.92 Å². The molecule has 0 unspecified atom stereocenters. The number of carbonyl (C=O) groups is 1. The first-order valence-electron chi connectivity index (χ1n) is 10.2. The lowest BCUT2D eigenvalue weighted by molar-refractivity contribution is -0.113. The monoisotopic (exact) mass is 417 g/mol. The highest BCUT2D eigenvalue weighted by atomic mass is 32.2. The van der Waals surface area contributed by atoms with Crippen LogP contribution in [0.4, 0.5) is 11.6 Å². The maximum Gasteiger partial charge on any atom is 0.234 e. The molecule has 1 aliphatic rings. The fourth-order valence-corrected chi connectivity index (χ4v) is 3.96. The summed E-state index contributed by atoms with van der Waals surface area (Å²) in [6.45, 7) is 12.5. The van der Waals surface area contributed by atoms with Crippen molar-refractivity contribution in [1.29, 1.82) is 0 Å². The highest BCUT2D eigenvalue weighted by Gasteiger charge is 2.21. The minimum atomic E-state index is -0.0390. The Balaban J connectivity index is 1.65. The van der Waals surface area contributed by atoms with E-state index in [4.69, 9.17) is 4.74 Å². The quantitative estimate of drug-likeness (QED) is 0.662. The van der Waals surface area contributed by atoms with E-state index in [2.05, 4.69) is 58.7 Å². The smallest absolute Gasteiger partial charge is 0.234 e. The number of nitrogens with one attached hydrogen (secondary N) is 1. The number of nitrogens with zero attached hydrogens (tertiary/aromatic N) is 4. The summed E-state index contributed by atoms with van der Waals surface area (Å²) >= 11 is 1.43. The van der Waals surface area contributed by atoms with Gasteiger partial charge >= 0.3 is 0 Å². The summed E-state index contributed by atoms with van der Waals surface area (Å²) in [7, 11) is 0. The Kier molecular flexibility index (Phi) is 7.55. The molecule has 1 aromatic heterocycles. The molecule has 0 spiro atoms. The topological polar surface area (TPSA) is 72.3 Å². The molecule has 2 heterocycles. The zero-order chi connectivity index (χ0) is 20.8. The lowest BCUT2D eigenvalue weighted by atomic mass is 10.0. The van der Waals surface area contributed by atoms with Crippen LogP contribution in [0.2, 0.25) is 0 Å². The first-order valence-corrected chi connectivity index (χ1v) is 11.2. The molecule has 1 saturated heterocycles. The van der Waals surface area contributed by atoms with E-state index in [-0.39, 0.29) is 5.91 Å². The summed E-state index contributed by atoms with van der Waals surface area (Å²) in [6.07, 6.45) is 0. The summed E-state index contributed by atoms with van der Waals surface area (Å²) in [5.74, 6) is 2.01. The Morgan fingerprint density at radius 1 is 1.21 bits per heavy atom. The van der Waals surface area contributed by atoms with E-state index < -0.39 is 0 Å². The van der Waals surface area contributed by atoms with E-state index in [1.165, 1.54) is 17.3 Å². The highest BCUT2D eigenvalue weighted by Crippen LogP contribution is 2.25. The third-order valence-corrected chi connectivity index (χ3v) is 5.68. The van der Waals surface area contributed by atoms with Gasteiger partial charge in [0.05, 0.1) is 19.0 Å². The number of rotatable bonds is 8. The van der Waals surface area contributed by atoms with Gasteiger partial charge in [0.2, 0.25) is 11.9 Å². The van der Waals surface area contributed by atoms with Crippen molar-refractivity contribution in [2.75, 3.05) is 42.3 Å². The second-order valence-electron chi connectivity index (χ2n) is 8.00. The predicted octanol–water partition coefficient (Wildman–Crippen LogP) is 3.62. The van der Waals surface area contributed by atoms with E-state index in [1.54, 1.807) is 0 Å². The predicted molar refractivity (Wildman–Crippen MR) is 118 cm³/mol. The number of hydrogen-bond acceptors (Lipinski definition) is 6. The van der Waals surface area contributed by atoms with Gasteiger partial charge in [-0.05, 0) is 29.5 Å². The number of carbonyl (C=O) groups excluding carboxylic acids is 1. The van der Waals surface area contributed by atoms with Crippen LogP contribution in [0.15, 0.2) is 29.4 Å². The molecule has 1 amide bonds. The lowest BCUT2D eigenvalue weighted by Crippen LogP contribution is -2.38. The molecule has 158 valence electrons. The van der Waals surface area contributed by atoms with Gasteiger partial charge < -0.3 is 15.0 Å². The average molecular weight is 418 g/mol. The summed E-state index contributed by atoms with van der Waals surface area (Å²) in [5, 5.41) is 12.6. The second kappa shape index (κ2) is 10.1. The van der Waals surface area contributed by atoms with Crippen molar-refractivity contribution < 1.29 is 9.53 Å². The summed E-state index contributed by atoms with van der Waals surface area (Å²) < 4.78 is 7.58. The van der Waals surface area contributed by atoms with Gasteiger partial charge in [0, 0.05) is 25.3 Å². The molecule has 0 aliphatic carbocycles. The third-order valence-electron chi connectivity index (χ3n) is 4.71. The van der Waals surface area contributed by atoms with Crippen molar-refractivity contribution >= 4 is 29.3 Å². The van der Waals surface area contributed by atoms with Crippen LogP contribution < -0.4 is 10.2 Å². The van der Waals surface area contributed by atoms with Gasteiger partial charge in [0.1, 0.15) is 0 Å². The number of hydrogen-bond donors (Lipinski definition) is 1. The van der Waals surface area contributed by atoms with E-state index in [0.717, 1.165) is 36.4 Å². The van der Waals surface area contributed by atoms with Crippen molar-refractivity contribution in [2.24, 2.45) is 5.92 Å². The molecule has 29 heavy (non-hydrogen) atoms. The van der Waals surface area contributed by atoms with Gasteiger partial charge in [0.15, 0.2) is 5.16 Å². The molecule has 0 saturated carbocycles. The molecule has 0 radical (unpaired) electrons. The zero-order valence-corrected chi connectivity index (χ0v) is 18.5. The van der Waals surface area contributed by atoms with Crippen LogP contribution in [-0.2, 0) is 16.1 Å². The van der Waals surface area contributed by atoms with Crippen molar-refractivity contribution in [3.05, 3.63) is 29.8 Å². The third kappa shape index (κ3) is 5.96. The lowest BCUT2D eigenvalue weighted by Gasteiger charge is -2.28. The summed E-state index contributed by atoms with van der Waals surface area (Å²) in [6, 6.07) is 8.01. The highest BCUT2D eigenvalue weighted by molar-refractivity contribution is 7.99. The van der Waals surface area contributed by atoms with Crippen molar-refractivity contribution in [1.82, 2.24) is 14.8 Å². The van der Waals surface area contributed by atoms with Gasteiger partial charge in [-0.15, -0.1) is 10.2 Å². The molecule has 7 nitrogen and oxygen atoms in total. The number of thioether (sulfide) groups is 1. The molecule has 0 atom stereocenters.